The van der Waals surface area contributed by atoms with E-state index in [0.717, 1.165) is 38.2 Å². The fourth-order valence-corrected chi connectivity index (χ4v) is 4.18. The van der Waals surface area contributed by atoms with Crippen molar-refractivity contribution in [3.63, 3.8) is 0 Å². The highest BCUT2D eigenvalue weighted by Gasteiger charge is 2.31. The van der Waals surface area contributed by atoms with E-state index >= 15 is 0 Å². The molecule has 1 N–H and O–H groups in total. The SMILES string of the molecule is CCc1c2c(=O)n(-c3ccc(OC(F)(F)F)cc3)[nH]c2cc(=O)n1CCCN1CCOCC1. The number of pyridine rings is 1. The Morgan fingerprint density at radius 1 is 1.09 bits per heavy atom. The number of nitrogens with zero attached hydrogens (tertiary/aromatic N) is 3. The number of halogens is 3. The molecule has 0 aliphatic carbocycles. The molecule has 0 saturated carbocycles. The molecule has 1 aromatic carbocycles. The number of H-pyrrole nitrogens is 1. The Balaban J connectivity index is 1.62. The van der Waals surface area contributed by atoms with Gasteiger partial charge in [-0.3, -0.25) is 19.6 Å². The number of hydrogen-bond donors (Lipinski definition) is 1. The number of aromatic amines is 1. The average Bonchev–Trinajstić information content (AvgIpc) is 3.10. The third-order valence-corrected chi connectivity index (χ3v) is 5.69. The zero-order valence-corrected chi connectivity index (χ0v) is 18.2. The smallest absolute Gasteiger partial charge is 0.406 e. The summed E-state index contributed by atoms with van der Waals surface area (Å²) in [5, 5.41) is 3.31. The standard InChI is InChI=1S/C22H25F3N4O4/c1-2-18-20-17(14-19(30)28(18)9-3-8-27-10-12-32-13-11-27)26-29(21(20)31)15-4-6-16(7-5-15)33-22(23,24)25/h4-7,14,26H,2-3,8-13H2,1H3. The number of alkyl halides is 3. The van der Waals surface area contributed by atoms with Gasteiger partial charge in [0.2, 0.25) is 0 Å². The number of rotatable bonds is 7. The van der Waals surface area contributed by atoms with Crippen LogP contribution in [0.1, 0.15) is 19.0 Å². The molecule has 11 heteroatoms. The van der Waals surface area contributed by atoms with E-state index in [0.29, 0.717) is 48.5 Å². The fraction of sp³-hybridized carbons (Fsp3) is 0.455. The number of morpholine rings is 1. The molecule has 0 atom stereocenters. The van der Waals surface area contributed by atoms with Crippen LogP contribution in [0.25, 0.3) is 16.6 Å². The lowest BCUT2D eigenvalue weighted by molar-refractivity contribution is -0.274. The van der Waals surface area contributed by atoms with Gasteiger partial charge in [0.1, 0.15) is 5.75 Å². The molecule has 3 aromatic rings. The van der Waals surface area contributed by atoms with Crippen molar-refractivity contribution in [2.75, 3.05) is 32.8 Å². The zero-order chi connectivity index (χ0) is 23.6. The lowest BCUT2D eigenvalue weighted by Crippen LogP contribution is -2.37. The number of ether oxygens (including phenoxy) is 2. The van der Waals surface area contributed by atoms with E-state index in [-0.39, 0.29) is 16.9 Å². The molecule has 0 bridgehead atoms. The van der Waals surface area contributed by atoms with Crippen molar-refractivity contribution in [2.24, 2.45) is 0 Å². The summed E-state index contributed by atoms with van der Waals surface area (Å²) in [6.07, 6.45) is -3.55. The Bertz CT molecular complexity index is 1220. The van der Waals surface area contributed by atoms with Crippen LogP contribution in [0.5, 0.6) is 5.75 Å². The Labute approximate surface area is 187 Å². The van der Waals surface area contributed by atoms with Gasteiger partial charge in [0.05, 0.1) is 29.8 Å². The highest BCUT2D eigenvalue weighted by Crippen LogP contribution is 2.24. The van der Waals surface area contributed by atoms with Gasteiger partial charge in [0.15, 0.2) is 0 Å². The lowest BCUT2D eigenvalue weighted by Gasteiger charge is -2.26. The average molecular weight is 466 g/mol. The van der Waals surface area contributed by atoms with Crippen LogP contribution in [0.3, 0.4) is 0 Å². The molecule has 1 aliphatic heterocycles. The van der Waals surface area contributed by atoms with E-state index in [1.54, 1.807) is 4.57 Å². The van der Waals surface area contributed by atoms with Gasteiger partial charge in [-0.25, -0.2) is 4.68 Å². The van der Waals surface area contributed by atoms with Crippen LogP contribution in [0.2, 0.25) is 0 Å². The van der Waals surface area contributed by atoms with Crippen molar-refractivity contribution >= 4 is 10.9 Å². The normalized spacial score (nSPS) is 15.3. The van der Waals surface area contributed by atoms with Crippen LogP contribution in [-0.2, 0) is 17.7 Å². The molecule has 0 amide bonds. The molecule has 3 heterocycles. The van der Waals surface area contributed by atoms with Crippen LogP contribution in [-0.4, -0.2) is 58.5 Å². The van der Waals surface area contributed by atoms with E-state index in [9.17, 15) is 22.8 Å². The minimum Gasteiger partial charge on any atom is -0.406 e. The maximum Gasteiger partial charge on any atom is 0.573 e. The summed E-state index contributed by atoms with van der Waals surface area (Å²) in [6.45, 7) is 6.35. The molecule has 0 unspecified atom stereocenters. The summed E-state index contributed by atoms with van der Waals surface area (Å²) in [7, 11) is 0. The van der Waals surface area contributed by atoms with Gasteiger partial charge in [-0.05, 0) is 37.1 Å². The van der Waals surface area contributed by atoms with E-state index in [1.807, 2.05) is 6.92 Å². The minimum absolute atomic E-state index is 0.205. The molecular weight excluding hydrogens is 441 g/mol. The van der Waals surface area contributed by atoms with Crippen molar-refractivity contribution < 1.29 is 22.6 Å². The highest BCUT2D eigenvalue weighted by atomic mass is 19.4. The second kappa shape index (κ2) is 9.44. The van der Waals surface area contributed by atoms with Crippen molar-refractivity contribution in [1.82, 2.24) is 19.2 Å². The predicted octanol–water partition coefficient (Wildman–Crippen LogP) is 2.66. The van der Waals surface area contributed by atoms with Gasteiger partial charge in [0, 0.05) is 37.9 Å². The first-order chi connectivity index (χ1) is 15.8. The summed E-state index contributed by atoms with van der Waals surface area (Å²) in [6, 6.07) is 6.34. The highest BCUT2D eigenvalue weighted by molar-refractivity contribution is 5.80. The van der Waals surface area contributed by atoms with Gasteiger partial charge in [-0.1, -0.05) is 6.92 Å². The molecule has 1 saturated heterocycles. The number of benzene rings is 1. The number of nitrogens with one attached hydrogen (secondary N) is 1. The molecule has 2 aromatic heterocycles. The van der Waals surface area contributed by atoms with Crippen molar-refractivity contribution in [3.8, 4) is 11.4 Å². The second-order valence-corrected chi connectivity index (χ2v) is 7.82. The van der Waals surface area contributed by atoms with E-state index in [4.69, 9.17) is 4.74 Å². The summed E-state index contributed by atoms with van der Waals surface area (Å²) < 4.78 is 49.3. The topological polar surface area (TPSA) is 81.5 Å². The Kier molecular flexibility index (Phi) is 6.61. The first-order valence-corrected chi connectivity index (χ1v) is 10.8. The van der Waals surface area contributed by atoms with E-state index in [2.05, 4.69) is 14.7 Å². The summed E-state index contributed by atoms with van der Waals surface area (Å²) in [5.41, 5.74) is 0.786. The molecule has 1 aliphatic rings. The van der Waals surface area contributed by atoms with Gasteiger partial charge < -0.3 is 14.0 Å². The molecular formula is C22H25F3N4O4. The van der Waals surface area contributed by atoms with Crippen LogP contribution in [0, 0.1) is 0 Å². The summed E-state index contributed by atoms with van der Waals surface area (Å²) in [5.74, 6) is -0.385. The molecule has 178 valence electrons. The van der Waals surface area contributed by atoms with Crippen LogP contribution in [0.4, 0.5) is 13.2 Å². The molecule has 4 rings (SSSR count). The molecule has 0 radical (unpaired) electrons. The maximum absolute atomic E-state index is 13.2. The number of hydrogen-bond acceptors (Lipinski definition) is 5. The Morgan fingerprint density at radius 3 is 2.42 bits per heavy atom. The van der Waals surface area contributed by atoms with Gasteiger partial charge >= 0.3 is 6.36 Å². The van der Waals surface area contributed by atoms with Gasteiger partial charge in [-0.2, -0.15) is 0 Å². The van der Waals surface area contributed by atoms with Crippen molar-refractivity contribution in [2.45, 2.75) is 32.7 Å². The second-order valence-electron chi connectivity index (χ2n) is 7.82. The monoisotopic (exact) mass is 466 g/mol. The lowest BCUT2D eigenvalue weighted by atomic mass is 10.2. The maximum atomic E-state index is 13.2. The Morgan fingerprint density at radius 2 is 1.79 bits per heavy atom. The predicted molar refractivity (Wildman–Crippen MR) is 116 cm³/mol. The number of fused-ring (bicyclic) bond motifs is 1. The fourth-order valence-electron chi connectivity index (χ4n) is 4.18. The third-order valence-electron chi connectivity index (χ3n) is 5.69. The third kappa shape index (κ3) is 5.14. The molecule has 0 spiro atoms. The van der Waals surface area contributed by atoms with Crippen molar-refractivity contribution in [3.05, 3.63) is 56.7 Å². The summed E-state index contributed by atoms with van der Waals surface area (Å²) in [4.78, 5) is 28.3. The number of aryl methyl sites for hydroxylation is 1. The number of aromatic nitrogens is 3. The molecule has 33 heavy (non-hydrogen) atoms. The molecule has 8 nitrogen and oxygen atoms in total. The minimum atomic E-state index is -4.80. The van der Waals surface area contributed by atoms with Crippen LogP contribution < -0.4 is 15.9 Å². The van der Waals surface area contributed by atoms with Crippen molar-refractivity contribution in [1.29, 1.82) is 0 Å². The van der Waals surface area contributed by atoms with E-state index < -0.39 is 6.36 Å². The van der Waals surface area contributed by atoms with Gasteiger partial charge in [0.25, 0.3) is 11.1 Å². The van der Waals surface area contributed by atoms with E-state index in [1.165, 1.54) is 22.9 Å². The Hall–Kier alpha value is -3.05. The van der Waals surface area contributed by atoms with Crippen LogP contribution >= 0.6 is 0 Å². The zero-order valence-electron chi connectivity index (χ0n) is 18.2. The molecule has 1 fully saturated rings. The largest absolute Gasteiger partial charge is 0.573 e. The van der Waals surface area contributed by atoms with Crippen LogP contribution in [0.15, 0.2) is 39.9 Å². The first-order valence-electron chi connectivity index (χ1n) is 10.8. The summed E-state index contributed by atoms with van der Waals surface area (Å²) >= 11 is 0. The quantitative estimate of drug-likeness (QED) is 0.579. The van der Waals surface area contributed by atoms with Gasteiger partial charge in [-0.15, -0.1) is 13.2 Å². The first kappa shape index (κ1) is 23.1.